The predicted molar refractivity (Wildman–Crippen MR) is 103 cm³/mol. The SMILES string of the molecule is CN(c1cccc(Cl)c1)C1C[C@@H]2CN(C(=O)n3ccc(C(N)=O)n3)C[C@@H]2C1. The average Bonchev–Trinajstić information content (AvgIpc) is 3.34. The molecule has 4 rings (SSSR count). The molecule has 2 heterocycles. The van der Waals surface area contributed by atoms with E-state index in [9.17, 15) is 9.59 Å². The van der Waals surface area contributed by atoms with Gasteiger partial charge in [-0.15, -0.1) is 0 Å². The largest absolute Gasteiger partial charge is 0.372 e. The third-order valence-electron chi connectivity index (χ3n) is 5.80. The van der Waals surface area contributed by atoms with E-state index in [1.165, 1.54) is 16.9 Å². The second-order valence-corrected chi connectivity index (χ2v) is 7.87. The molecule has 1 aliphatic heterocycles. The fourth-order valence-corrected chi connectivity index (χ4v) is 4.54. The second kappa shape index (κ2) is 6.88. The first-order valence-electron chi connectivity index (χ1n) is 9.05. The number of nitrogens with two attached hydrogens (primary N) is 1. The summed E-state index contributed by atoms with van der Waals surface area (Å²) in [4.78, 5) is 27.9. The molecular weight excluding hydrogens is 366 g/mol. The number of carbonyl (C=O) groups is 2. The lowest BCUT2D eigenvalue weighted by atomic mass is 10.0. The lowest BCUT2D eigenvalue weighted by molar-refractivity contribution is 0.0995. The molecule has 27 heavy (non-hydrogen) atoms. The molecule has 2 fully saturated rings. The summed E-state index contributed by atoms with van der Waals surface area (Å²) in [6, 6.07) is 9.62. The van der Waals surface area contributed by atoms with Gasteiger partial charge in [-0.2, -0.15) is 9.78 Å². The Morgan fingerprint density at radius 1 is 1.22 bits per heavy atom. The van der Waals surface area contributed by atoms with Crippen LogP contribution in [-0.2, 0) is 0 Å². The van der Waals surface area contributed by atoms with Gasteiger partial charge in [0.1, 0.15) is 0 Å². The minimum Gasteiger partial charge on any atom is -0.372 e. The summed E-state index contributed by atoms with van der Waals surface area (Å²) < 4.78 is 1.21. The maximum absolute atomic E-state index is 12.6. The van der Waals surface area contributed by atoms with E-state index < -0.39 is 5.91 Å². The molecule has 0 radical (unpaired) electrons. The minimum atomic E-state index is -0.633. The van der Waals surface area contributed by atoms with Gasteiger partial charge in [0.05, 0.1) is 0 Å². The van der Waals surface area contributed by atoms with Crippen LogP contribution in [0, 0.1) is 11.8 Å². The number of halogens is 1. The van der Waals surface area contributed by atoms with Gasteiger partial charge in [0.15, 0.2) is 5.69 Å². The topological polar surface area (TPSA) is 84.5 Å². The number of fused-ring (bicyclic) bond motifs is 1. The molecule has 2 aliphatic rings. The molecule has 8 heteroatoms. The Labute approximate surface area is 162 Å². The molecule has 1 unspecified atom stereocenters. The van der Waals surface area contributed by atoms with Crippen molar-refractivity contribution in [1.82, 2.24) is 14.7 Å². The molecule has 7 nitrogen and oxygen atoms in total. The number of anilines is 1. The molecule has 1 aliphatic carbocycles. The van der Waals surface area contributed by atoms with E-state index in [1.807, 2.05) is 23.1 Å². The summed E-state index contributed by atoms with van der Waals surface area (Å²) in [6.45, 7) is 1.43. The average molecular weight is 388 g/mol. The van der Waals surface area contributed by atoms with E-state index in [-0.39, 0.29) is 11.7 Å². The zero-order valence-corrected chi connectivity index (χ0v) is 15.8. The highest BCUT2D eigenvalue weighted by Crippen LogP contribution is 2.41. The summed E-state index contributed by atoms with van der Waals surface area (Å²) in [5.74, 6) is 0.324. The van der Waals surface area contributed by atoms with Crippen LogP contribution >= 0.6 is 11.6 Å². The first-order chi connectivity index (χ1) is 12.9. The van der Waals surface area contributed by atoms with E-state index in [0.717, 1.165) is 36.6 Å². The molecule has 2 amide bonds. The predicted octanol–water partition coefficient (Wildman–Crippen LogP) is 2.45. The Morgan fingerprint density at radius 3 is 2.52 bits per heavy atom. The molecule has 3 atom stereocenters. The van der Waals surface area contributed by atoms with Crippen molar-refractivity contribution >= 4 is 29.2 Å². The van der Waals surface area contributed by atoms with Gasteiger partial charge >= 0.3 is 6.03 Å². The smallest absolute Gasteiger partial charge is 0.344 e. The normalized spacial score (nSPS) is 24.1. The summed E-state index contributed by atoms with van der Waals surface area (Å²) in [5.41, 5.74) is 6.43. The van der Waals surface area contributed by atoms with Crippen molar-refractivity contribution < 1.29 is 9.59 Å². The molecule has 1 aromatic carbocycles. The van der Waals surface area contributed by atoms with Crippen molar-refractivity contribution in [2.75, 3.05) is 25.0 Å². The van der Waals surface area contributed by atoms with Crippen LogP contribution in [0.15, 0.2) is 36.5 Å². The number of amides is 2. The second-order valence-electron chi connectivity index (χ2n) is 7.43. The summed E-state index contributed by atoms with van der Waals surface area (Å²) in [5, 5.41) is 4.71. The van der Waals surface area contributed by atoms with Crippen LogP contribution in [0.1, 0.15) is 23.3 Å². The Morgan fingerprint density at radius 2 is 1.93 bits per heavy atom. The highest BCUT2D eigenvalue weighted by Gasteiger charge is 2.44. The first kappa shape index (κ1) is 17.9. The number of hydrogen-bond donors (Lipinski definition) is 1. The molecule has 1 saturated carbocycles. The molecule has 1 saturated heterocycles. The van der Waals surface area contributed by atoms with Crippen molar-refractivity contribution in [3.63, 3.8) is 0 Å². The number of likely N-dealkylation sites (tertiary alicyclic amines) is 1. The molecular formula is C19H22ClN5O2. The van der Waals surface area contributed by atoms with Crippen LogP contribution in [-0.4, -0.2) is 52.8 Å². The zero-order chi connectivity index (χ0) is 19.1. The third-order valence-corrected chi connectivity index (χ3v) is 6.03. The highest BCUT2D eigenvalue weighted by atomic mass is 35.5. The fourth-order valence-electron chi connectivity index (χ4n) is 4.35. The summed E-state index contributed by atoms with van der Waals surface area (Å²) in [6.07, 6.45) is 3.58. The minimum absolute atomic E-state index is 0.103. The number of primary amides is 1. The van der Waals surface area contributed by atoms with Gasteiger partial charge in [-0.3, -0.25) is 4.79 Å². The molecule has 1 aromatic heterocycles. The number of carbonyl (C=O) groups excluding carboxylic acids is 2. The Kier molecular flexibility index (Phi) is 4.55. The van der Waals surface area contributed by atoms with Crippen LogP contribution < -0.4 is 10.6 Å². The quantitative estimate of drug-likeness (QED) is 0.876. The molecule has 0 bridgehead atoms. The number of hydrogen-bond acceptors (Lipinski definition) is 4. The molecule has 2 N–H and O–H groups in total. The van der Waals surface area contributed by atoms with E-state index in [1.54, 1.807) is 0 Å². The van der Waals surface area contributed by atoms with Crippen molar-refractivity contribution in [2.45, 2.75) is 18.9 Å². The van der Waals surface area contributed by atoms with Gasteiger partial charge in [0.25, 0.3) is 5.91 Å². The van der Waals surface area contributed by atoms with E-state index in [0.29, 0.717) is 17.9 Å². The zero-order valence-electron chi connectivity index (χ0n) is 15.1. The van der Waals surface area contributed by atoms with Crippen LogP contribution in [0.25, 0.3) is 0 Å². The van der Waals surface area contributed by atoms with E-state index in [4.69, 9.17) is 17.3 Å². The summed E-state index contributed by atoms with van der Waals surface area (Å²) in [7, 11) is 2.11. The van der Waals surface area contributed by atoms with Crippen LogP contribution in [0.4, 0.5) is 10.5 Å². The Bertz CT molecular complexity index is 868. The fraction of sp³-hybridized carbons (Fsp3) is 0.421. The monoisotopic (exact) mass is 387 g/mol. The number of benzene rings is 1. The van der Waals surface area contributed by atoms with Gasteiger partial charge in [0.2, 0.25) is 0 Å². The highest BCUT2D eigenvalue weighted by molar-refractivity contribution is 6.30. The maximum Gasteiger partial charge on any atom is 0.344 e. The van der Waals surface area contributed by atoms with Crippen LogP contribution in [0.2, 0.25) is 5.02 Å². The van der Waals surface area contributed by atoms with Crippen molar-refractivity contribution in [2.24, 2.45) is 17.6 Å². The lowest BCUT2D eigenvalue weighted by Crippen LogP contribution is -2.36. The van der Waals surface area contributed by atoms with Crippen molar-refractivity contribution in [3.05, 3.63) is 47.2 Å². The van der Waals surface area contributed by atoms with Gasteiger partial charge in [-0.1, -0.05) is 17.7 Å². The van der Waals surface area contributed by atoms with Crippen molar-refractivity contribution in [1.29, 1.82) is 0 Å². The lowest BCUT2D eigenvalue weighted by Gasteiger charge is -2.28. The van der Waals surface area contributed by atoms with E-state index >= 15 is 0 Å². The Balaban J connectivity index is 1.39. The maximum atomic E-state index is 12.6. The van der Waals surface area contributed by atoms with Gasteiger partial charge in [-0.05, 0) is 48.9 Å². The van der Waals surface area contributed by atoms with Crippen molar-refractivity contribution in [3.8, 4) is 0 Å². The summed E-state index contributed by atoms with van der Waals surface area (Å²) >= 11 is 6.12. The van der Waals surface area contributed by atoms with Crippen LogP contribution in [0.5, 0.6) is 0 Å². The standard InChI is InChI=1S/C19H22ClN5O2/c1-23(15-4-2-3-14(20)9-15)16-7-12-10-24(11-13(12)8-16)19(27)25-6-5-17(22-25)18(21)26/h2-6,9,12-13,16H,7-8,10-11H2,1H3,(H2,21,26)/t12-,13+,16?. The van der Waals surface area contributed by atoms with Gasteiger partial charge in [0, 0.05) is 43.1 Å². The number of aromatic nitrogens is 2. The molecule has 0 spiro atoms. The molecule has 142 valence electrons. The Hall–Kier alpha value is -2.54. The first-order valence-corrected chi connectivity index (χ1v) is 9.43. The molecule has 2 aromatic rings. The van der Waals surface area contributed by atoms with Gasteiger partial charge < -0.3 is 15.5 Å². The number of nitrogens with zero attached hydrogens (tertiary/aromatic N) is 4. The third kappa shape index (κ3) is 3.39. The van der Waals surface area contributed by atoms with E-state index in [2.05, 4.69) is 23.1 Å². The van der Waals surface area contributed by atoms with Gasteiger partial charge in [-0.25, -0.2) is 4.79 Å². The number of rotatable bonds is 3. The van der Waals surface area contributed by atoms with Crippen LogP contribution in [0.3, 0.4) is 0 Å².